The van der Waals surface area contributed by atoms with Crippen LogP contribution in [0.15, 0.2) is 11.5 Å². The van der Waals surface area contributed by atoms with Crippen molar-refractivity contribution in [1.82, 2.24) is 26.6 Å². The van der Waals surface area contributed by atoms with E-state index in [1.54, 1.807) is 0 Å². The second-order valence-corrected chi connectivity index (χ2v) is 20.3. The summed E-state index contributed by atoms with van der Waals surface area (Å²) in [6.07, 6.45) is 9.07. The van der Waals surface area contributed by atoms with Crippen LogP contribution in [0.1, 0.15) is 162 Å². The second kappa shape index (κ2) is 39.4. The number of rotatable bonds is 45. The number of hydrogen-bond acceptors (Lipinski definition) is 19. The number of aliphatic hydroxyl groups is 4. The van der Waals surface area contributed by atoms with E-state index in [1.807, 2.05) is 0 Å². The average Bonchev–Trinajstić information content (AvgIpc) is 3.63. The third kappa shape index (κ3) is 29.5. The molecule has 27 nitrogen and oxygen atoms in total. The Labute approximate surface area is 450 Å². The molecule has 9 atom stereocenters. The van der Waals surface area contributed by atoms with Crippen molar-refractivity contribution in [2.24, 2.45) is 11.5 Å². The smallest absolute Gasteiger partial charge is 0.505 e. The van der Waals surface area contributed by atoms with E-state index < -0.39 is 147 Å². The van der Waals surface area contributed by atoms with Gasteiger partial charge in [0, 0.05) is 13.0 Å². The molecule has 1 aliphatic heterocycles. The zero-order valence-electron chi connectivity index (χ0n) is 44.8. The Kier molecular flexibility index (Phi) is 35.8. The molecule has 0 aliphatic carbocycles. The van der Waals surface area contributed by atoms with Gasteiger partial charge in [-0.05, 0) is 71.9 Å². The summed E-state index contributed by atoms with van der Waals surface area (Å²) in [4.78, 5) is 123. The van der Waals surface area contributed by atoms with Crippen LogP contribution in [0.4, 0.5) is 0 Å². The monoisotopic (exact) mass is 1130 g/mol. The van der Waals surface area contributed by atoms with Gasteiger partial charge in [-0.25, -0.2) is 14.2 Å². The average molecular weight is 1130 g/mol. The molecule has 0 saturated heterocycles. The number of carboxylic acids is 1. The summed E-state index contributed by atoms with van der Waals surface area (Å²) in [5.74, 6) is -11.5. The van der Waals surface area contributed by atoms with E-state index in [0.717, 1.165) is 46.0 Å². The number of aliphatic carboxylic acids is 1. The summed E-state index contributed by atoms with van der Waals surface area (Å²) in [6, 6.07) is -8.16. The zero-order valence-corrected chi connectivity index (χ0v) is 45.7. The Morgan fingerprint density at radius 3 is 1.57 bits per heavy atom. The Hall–Kier alpha value is -4.99. The maximum Gasteiger partial charge on any atom is 0.525 e. The SMILES string of the molecule is CCCCCCCCCCCCCCCCOCC(OC(=O)CCC(=O)NC(CCCCN)C(=O)NC(C(=O)NC(C(=O)NC(CCCCN)C(=O)NC(CO)C(=O)O)C(C)O)C(C)O)C1OC(=O)C(OP(=O)(O)O)=C1O. The lowest BCUT2D eigenvalue weighted by Gasteiger charge is -2.29. The molecular formula is C49H88N7O20P. The van der Waals surface area contributed by atoms with Crippen LogP contribution in [-0.4, -0.2) is 170 Å². The van der Waals surface area contributed by atoms with Crippen molar-refractivity contribution >= 4 is 55.3 Å². The minimum absolute atomic E-state index is 0.0604. The number of ether oxygens (including phenoxy) is 3. The molecule has 0 saturated carbocycles. The number of cyclic esters (lactones) is 1. The van der Waals surface area contributed by atoms with Crippen LogP contribution in [0.25, 0.3) is 0 Å². The van der Waals surface area contributed by atoms with E-state index in [1.165, 1.54) is 51.4 Å². The first-order chi connectivity index (χ1) is 36.5. The van der Waals surface area contributed by atoms with Crippen LogP contribution in [0.5, 0.6) is 0 Å². The molecule has 0 radical (unpaired) electrons. The van der Waals surface area contributed by atoms with Crippen molar-refractivity contribution in [2.45, 2.75) is 217 Å². The quantitative estimate of drug-likeness (QED) is 0.0224. The minimum atomic E-state index is -5.35. The number of nitrogens with one attached hydrogen (secondary N) is 5. The lowest BCUT2D eigenvalue weighted by molar-refractivity contribution is -0.167. The molecule has 16 N–H and O–H groups in total. The van der Waals surface area contributed by atoms with Crippen molar-refractivity contribution in [3.8, 4) is 0 Å². The summed E-state index contributed by atoms with van der Waals surface area (Å²) < 4.78 is 32.0. The summed E-state index contributed by atoms with van der Waals surface area (Å²) in [7, 11) is -5.35. The second-order valence-electron chi connectivity index (χ2n) is 19.1. The van der Waals surface area contributed by atoms with Crippen LogP contribution in [0, 0.1) is 0 Å². The molecule has 0 aromatic rings. The van der Waals surface area contributed by atoms with Crippen molar-refractivity contribution < 1.29 is 97.0 Å². The number of nitrogens with two attached hydrogens (primary N) is 2. The lowest BCUT2D eigenvalue weighted by atomic mass is 10.0. The topological polar surface area (TPSA) is 444 Å². The normalized spacial score (nSPS) is 16.6. The molecule has 0 spiro atoms. The Morgan fingerprint density at radius 2 is 1.10 bits per heavy atom. The Bertz CT molecular complexity index is 1910. The van der Waals surface area contributed by atoms with E-state index in [-0.39, 0.29) is 45.4 Å². The number of carbonyl (C=O) groups excluding carboxylic acids is 7. The summed E-state index contributed by atoms with van der Waals surface area (Å²) in [6.45, 7) is 3.61. The molecule has 0 aromatic heterocycles. The van der Waals surface area contributed by atoms with E-state index in [0.29, 0.717) is 19.3 Å². The number of aliphatic hydroxyl groups excluding tert-OH is 4. The van der Waals surface area contributed by atoms with Crippen LogP contribution in [0.2, 0.25) is 0 Å². The third-order valence-electron chi connectivity index (χ3n) is 12.3. The number of hydrogen-bond donors (Lipinski definition) is 14. The van der Waals surface area contributed by atoms with Crippen LogP contribution in [-0.2, 0) is 61.7 Å². The van der Waals surface area contributed by atoms with Crippen molar-refractivity contribution in [3.63, 3.8) is 0 Å². The number of phosphoric acid groups is 1. The van der Waals surface area contributed by atoms with E-state index in [4.69, 9.17) is 25.7 Å². The van der Waals surface area contributed by atoms with Crippen LogP contribution < -0.4 is 38.1 Å². The van der Waals surface area contributed by atoms with E-state index in [9.17, 15) is 78.2 Å². The maximum absolute atomic E-state index is 13.7. The highest BCUT2D eigenvalue weighted by Crippen LogP contribution is 2.42. The van der Waals surface area contributed by atoms with Gasteiger partial charge in [-0.15, -0.1) is 0 Å². The maximum atomic E-state index is 13.7. The molecule has 1 aliphatic rings. The lowest BCUT2D eigenvalue weighted by Crippen LogP contribution is -2.62. The van der Waals surface area contributed by atoms with Gasteiger partial charge in [0.1, 0.15) is 30.2 Å². The molecular weight excluding hydrogens is 1040 g/mol. The van der Waals surface area contributed by atoms with Gasteiger partial charge in [0.05, 0.1) is 31.8 Å². The highest BCUT2D eigenvalue weighted by Gasteiger charge is 2.45. The molecule has 1 rings (SSSR count). The predicted molar refractivity (Wildman–Crippen MR) is 276 cm³/mol. The van der Waals surface area contributed by atoms with Crippen molar-refractivity contribution in [3.05, 3.63) is 11.5 Å². The first-order valence-corrected chi connectivity index (χ1v) is 28.3. The number of amides is 5. The summed E-state index contributed by atoms with van der Waals surface area (Å²) >= 11 is 0. The van der Waals surface area contributed by atoms with Crippen LogP contribution >= 0.6 is 7.82 Å². The standard InChI is InChI=1S/C49H88N7O20P/c1-4-5-6-7-8-9-10-11-12-13-14-15-16-21-28-73-30-36(42-41(62)43(49(69)75-42)76-77(70,71)72)74-38(61)25-24-37(60)52-33(22-17-19-26-50)45(64)55-40(32(3)59)47(66)56-39(31(2)58)46(65)53-34(23-18-20-27-51)44(63)54-35(29-57)48(67)68/h31-36,39-40,42,57-59,62H,4-30,50-51H2,1-3H3,(H,52,60)(H,53,65)(H,54,63)(H,55,64)(H,56,66)(H,67,68)(H2,70,71,72). The molecule has 77 heavy (non-hydrogen) atoms. The first kappa shape index (κ1) is 70.0. The molecule has 0 fully saturated rings. The molecule has 0 aromatic carbocycles. The number of carboxylic acid groups (broad SMARTS) is 1. The fourth-order valence-corrected chi connectivity index (χ4v) is 8.36. The van der Waals surface area contributed by atoms with Gasteiger partial charge in [0.25, 0.3) is 5.76 Å². The Morgan fingerprint density at radius 1 is 0.649 bits per heavy atom. The van der Waals surface area contributed by atoms with Crippen LogP contribution in [0.3, 0.4) is 0 Å². The molecule has 5 amide bonds. The number of carbonyl (C=O) groups is 8. The number of phosphoric ester groups is 1. The van der Waals surface area contributed by atoms with Gasteiger partial charge in [-0.2, -0.15) is 0 Å². The summed E-state index contributed by atoms with van der Waals surface area (Å²) in [5.41, 5.74) is 11.2. The molecule has 1 heterocycles. The highest BCUT2D eigenvalue weighted by molar-refractivity contribution is 7.46. The molecule has 0 bridgehead atoms. The third-order valence-corrected chi connectivity index (χ3v) is 12.8. The minimum Gasteiger partial charge on any atom is -0.505 e. The van der Waals surface area contributed by atoms with E-state index in [2.05, 4.69) is 38.0 Å². The van der Waals surface area contributed by atoms with Gasteiger partial charge >= 0.3 is 25.7 Å². The van der Waals surface area contributed by atoms with Crippen molar-refractivity contribution in [2.75, 3.05) is 32.9 Å². The molecule has 28 heteroatoms. The number of unbranched alkanes of at least 4 members (excludes halogenated alkanes) is 15. The van der Waals surface area contributed by atoms with E-state index >= 15 is 0 Å². The van der Waals surface area contributed by atoms with Gasteiger partial charge in [-0.1, -0.05) is 90.4 Å². The zero-order chi connectivity index (χ0) is 57.9. The van der Waals surface area contributed by atoms with Gasteiger partial charge < -0.3 is 82.3 Å². The fraction of sp³-hybridized carbons (Fsp3) is 0.796. The fourth-order valence-electron chi connectivity index (χ4n) is 7.95. The molecule has 9 unspecified atom stereocenters. The van der Waals surface area contributed by atoms with Gasteiger partial charge in [0.15, 0.2) is 11.9 Å². The largest absolute Gasteiger partial charge is 0.525 e. The molecule has 444 valence electrons. The number of esters is 2. The van der Waals surface area contributed by atoms with Gasteiger partial charge in [-0.3, -0.25) is 38.6 Å². The predicted octanol–water partition coefficient (Wildman–Crippen LogP) is 0.501. The van der Waals surface area contributed by atoms with Gasteiger partial charge in [0.2, 0.25) is 35.6 Å². The summed E-state index contributed by atoms with van der Waals surface area (Å²) in [5, 5.41) is 62.0. The highest BCUT2D eigenvalue weighted by atomic mass is 31.2. The Balaban J connectivity index is 3.04. The van der Waals surface area contributed by atoms with Crippen molar-refractivity contribution in [1.29, 1.82) is 0 Å². The first-order valence-electron chi connectivity index (χ1n) is 26.8.